The maximum absolute atomic E-state index is 5.77. The van der Waals surface area contributed by atoms with E-state index >= 15 is 0 Å². The highest BCUT2D eigenvalue weighted by Crippen LogP contribution is 2.22. The van der Waals surface area contributed by atoms with Crippen molar-refractivity contribution < 1.29 is 4.52 Å². The molecule has 0 aliphatic rings. The quantitative estimate of drug-likeness (QED) is 0.849. The van der Waals surface area contributed by atoms with Crippen LogP contribution in [0.4, 0.5) is 5.69 Å². The molecule has 0 aliphatic carbocycles. The van der Waals surface area contributed by atoms with Crippen LogP contribution in [0.5, 0.6) is 0 Å². The van der Waals surface area contributed by atoms with E-state index in [-0.39, 0.29) is 0 Å². The number of anilines is 1. The van der Waals surface area contributed by atoms with Crippen LogP contribution in [-0.2, 0) is 6.42 Å². The second-order valence-corrected chi connectivity index (χ2v) is 3.58. The first-order chi connectivity index (χ1) is 7.81. The molecule has 0 radical (unpaired) electrons. The highest BCUT2D eigenvalue weighted by atomic mass is 16.5. The van der Waals surface area contributed by atoms with Gasteiger partial charge in [-0.25, -0.2) is 0 Å². The van der Waals surface area contributed by atoms with Crippen LogP contribution >= 0.6 is 0 Å². The van der Waals surface area contributed by atoms with Crippen LogP contribution in [0.15, 0.2) is 23.0 Å². The van der Waals surface area contributed by atoms with Gasteiger partial charge in [0.25, 0.3) is 5.89 Å². The van der Waals surface area contributed by atoms with Crippen LogP contribution in [0.25, 0.3) is 11.5 Å². The highest BCUT2D eigenvalue weighted by Gasteiger charge is 2.10. The number of nitrogens with two attached hydrogens (primary N) is 1. The number of nitrogens with zero attached hydrogens (tertiary/aromatic N) is 3. The lowest BCUT2D eigenvalue weighted by Gasteiger charge is -1.97. The predicted molar refractivity (Wildman–Crippen MR) is 60.6 cm³/mol. The van der Waals surface area contributed by atoms with E-state index in [9.17, 15) is 0 Å². The summed E-state index contributed by atoms with van der Waals surface area (Å²) in [5.74, 6) is 1.19. The van der Waals surface area contributed by atoms with Crippen LogP contribution in [0.2, 0.25) is 0 Å². The molecule has 2 heterocycles. The van der Waals surface area contributed by atoms with Crippen molar-refractivity contribution in [2.45, 2.75) is 26.2 Å². The van der Waals surface area contributed by atoms with Crippen LogP contribution in [0.1, 0.15) is 25.6 Å². The van der Waals surface area contributed by atoms with Gasteiger partial charge < -0.3 is 10.3 Å². The molecule has 0 saturated heterocycles. The van der Waals surface area contributed by atoms with Crippen LogP contribution < -0.4 is 5.73 Å². The van der Waals surface area contributed by atoms with Crippen LogP contribution in [-0.4, -0.2) is 15.1 Å². The van der Waals surface area contributed by atoms with Gasteiger partial charge in [-0.3, -0.25) is 4.98 Å². The van der Waals surface area contributed by atoms with Gasteiger partial charge >= 0.3 is 0 Å². The smallest absolute Gasteiger partial charge is 0.260 e. The zero-order chi connectivity index (χ0) is 11.4. The van der Waals surface area contributed by atoms with E-state index in [2.05, 4.69) is 22.0 Å². The van der Waals surface area contributed by atoms with E-state index in [0.29, 0.717) is 11.6 Å². The number of rotatable bonds is 4. The fourth-order valence-electron chi connectivity index (χ4n) is 1.40. The SMILES string of the molecule is CCCCc1noc(-c2ccncc2N)n1. The van der Waals surface area contributed by atoms with E-state index in [4.69, 9.17) is 10.3 Å². The fraction of sp³-hybridized carbons (Fsp3) is 0.364. The zero-order valence-electron chi connectivity index (χ0n) is 9.18. The maximum atomic E-state index is 5.77. The third kappa shape index (κ3) is 2.18. The van der Waals surface area contributed by atoms with Crippen molar-refractivity contribution in [1.82, 2.24) is 15.1 Å². The normalized spacial score (nSPS) is 10.6. The molecule has 0 atom stereocenters. The second kappa shape index (κ2) is 4.74. The van der Waals surface area contributed by atoms with E-state index in [1.165, 1.54) is 0 Å². The van der Waals surface area contributed by atoms with Crippen molar-refractivity contribution in [3.8, 4) is 11.5 Å². The summed E-state index contributed by atoms with van der Waals surface area (Å²) in [6, 6.07) is 1.77. The average Bonchev–Trinajstić information content (AvgIpc) is 2.75. The summed E-state index contributed by atoms with van der Waals surface area (Å²) >= 11 is 0. The van der Waals surface area contributed by atoms with Gasteiger partial charge in [0.05, 0.1) is 17.4 Å². The van der Waals surface area contributed by atoms with E-state index in [1.54, 1.807) is 18.5 Å². The fourth-order valence-corrected chi connectivity index (χ4v) is 1.40. The number of aromatic nitrogens is 3. The van der Waals surface area contributed by atoms with Gasteiger partial charge in [-0.1, -0.05) is 18.5 Å². The second-order valence-electron chi connectivity index (χ2n) is 3.58. The van der Waals surface area contributed by atoms with E-state index in [0.717, 1.165) is 30.7 Å². The van der Waals surface area contributed by atoms with Gasteiger partial charge in [-0.15, -0.1) is 0 Å². The Morgan fingerprint density at radius 3 is 3.06 bits per heavy atom. The third-order valence-corrected chi connectivity index (χ3v) is 2.30. The molecule has 84 valence electrons. The number of aryl methyl sites for hydroxylation is 1. The highest BCUT2D eigenvalue weighted by molar-refractivity contribution is 5.68. The zero-order valence-corrected chi connectivity index (χ0v) is 9.18. The lowest BCUT2D eigenvalue weighted by molar-refractivity contribution is 0.421. The number of hydrogen-bond donors (Lipinski definition) is 1. The molecule has 0 saturated carbocycles. The molecule has 0 aromatic carbocycles. The van der Waals surface area contributed by atoms with Crippen molar-refractivity contribution in [2.24, 2.45) is 0 Å². The Morgan fingerprint density at radius 2 is 2.31 bits per heavy atom. The Labute approximate surface area is 93.7 Å². The van der Waals surface area contributed by atoms with Gasteiger partial charge in [-0.2, -0.15) is 4.98 Å². The summed E-state index contributed by atoms with van der Waals surface area (Å²) in [5.41, 5.74) is 7.06. The van der Waals surface area contributed by atoms with Gasteiger partial charge in [0.1, 0.15) is 0 Å². The minimum atomic E-state index is 0.464. The van der Waals surface area contributed by atoms with Crippen molar-refractivity contribution in [3.63, 3.8) is 0 Å². The first kappa shape index (κ1) is 10.6. The minimum absolute atomic E-state index is 0.464. The largest absolute Gasteiger partial charge is 0.397 e. The van der Waals surface area contributed by atoms with Crippen molar-refractivity contribution in [3.05, 3.63) is 24.3 Å². The third-order valence-electron chi connectivity index (χ3n) is 2.30. The molecule has 5 nitrogen and oxygen atoms in total. The van der Waals surface area contributed by atoms with Gasteiger partial charge in [0, 0.05) is 12.6 Å². The summed E-state index contributed by atoms with van der Waals surface area (Å²) in [4.78, 5) is 8.21. The van der Waals surface area contributed by atoms with Gasteiger partial charge in [0.2, 0.25) is 0 Å². The minimum Gasteiger partial charge on any atom is -0.397 e. The van der Waals surface area contributed by atoms with E-state index < -0.39 is 0 Å². The average molecular weight is 218 g/mol. The first-order valence-corrected chi connectivity index (χ1v) is 5.33. The lowest BCUT2D eigenvalue weighted by atomic mass is 10.2. The Balaban J connectivity index is 2.22. The summed E-state index contributed by atoms with van der Waals surface area (Å²) in [6.45, 7) is 2.13. The summed E-state index contributed by atoms with van der Waals surface area (Å²) in [6.07, 6.45) is 6.24. The maximum Gasteiger partial charge on any atom is 0.260 e. The van der Waals surface area contributed by atoms with Crippen molar-refractivity contribution >= 4 is 5.69 Å². The molecule has 0 unspecified atom stereocenters. The summed E-state index contributed by atoms with van der Waals surface area (Å²) < 4.78 is 5.16. The lowest BCUT2D eigenvalue weighted by Crippen LogP contribution is -1.91. The molecule has 2 aromatic heterocycles. The number of nitrogen functional groups attached to an aromatic ring is 1. The Morgan fingerprint density at radius 1 is 1.44 bits per heavy atom. The molecule has 16 heavy (non-hydrogen) atoms. The van der Waals surface area contributed by atoms with Gasteiger partial charge in [-0.05, 0) is 12.5 Å². The predicted octanol–water partition coefficient (Wildman–Crippen LogP) is 2.06. The monoisotopic (exact) mass is 218 g/mol. The molecule has 2 N–H and O–H groups in total. The molecular weight excluding hydrogens is 204 g/mol. The Hall–Kier alpha value is -1.91. The molecule has 0 amide bonds. The summed E-state index contributed by atoms with van der Waals surface area (Å²) in [5, 5.41) is 3.91. The molecule has 2 aromatic rings. The number of unbranched alkanes of at least 4 members (excludes halogenated alkanes) is 1. The molecule has 0 bridgehead atoms. The molecule has 5 heteroatoms. The molecule has 0 spiro atoms. The standard InChI is InChI=1S/C11H14N4O/c1-2-3-4-10-14-11(16-15-10)8-5-6-13-7-9(8)12/h5-7H,2-4,12H2,1H3. The molecular formula is C11H14N4O. The Kier molecular flexibility index (Phi) is 3.14. The molecule has 2 rings (SSSR count). The van der Waals surface area contributed by atoms with Crippen LogP contribution in [0.3, 0.4) is 0 Å². The number of pyridine rings is 1. The van der Waals surface area contributed by atoms with Crippen LogP contribution in [0, 0.1) is 0 Å². The Bertz CT molecular complexity index is 467. The van der Waals surface area contributed by atoms with Crippen molar-refractivity contribution in [1.29, 1.82) is 0 Å². The van der Waals surface area contributed by atoms with Crippen molar-refractivity contribution in [2.75, 3.05) is 5.73 Å². The first-order valence-electron chi connectivity index (χ1n) is 5.33. The molecule has 0 fully saturated rings. The summed E-state index contributed by atoms with van der Waals surface area (Å²) in [7, 11) is 0. The van der Waals surface area contributed by atoms with Gasteiger partial charge in [0.15, 0.2) is 5.82 Å². The molecule has 0 aliphatic heterocycles. The number of hydrogen-bond acceptors (Lipinski definition) is 5. The topological polar surface area (TPSA) is 77.8 Å². The van der Waals surface area contributed by atoms with E-state index in [1.807, 2.05) is 0 Å².